The summed E-state index contributed by atoms with van der Waals surface area (Å²) in [4.78, 5) is 12.1. The quantitative estimate of drug-likeness (QED) is 0.867. The Morgan fingerprint density at radius 3 is 2.63 bits per heavy atom. The number of aryl methyl sites for hydroxylation is 1. The molecule has 3 nitrogen and oxygen atoms in total. The van der Waals surface area contributed by atoms with Gasteiger partial charge < -0.3 is 10.1 Å². The van der Waals surface area contributed by atoms with Crippen LogP contribution >= 0.6 is 15.9 Å². The van der Waals surface area contributed by atoms with Gasteiger partial charge in [-0.05, 0) is 42.5 Å². The van der Waals surface area contributed by atoms with Crippen molar-refractivity contribution in [2.45, 2.75) is 27.2 Å². The van der Waals surface area contributed by atoms with E-state index in [9.17, 15) is 4.79 Å². The Morgan fingerprint density at radius 2 is 2.05 bits per heavy atom. The lowest BCUT2D eigenvalue weighted by atomic mass is 9.89. The summed E-state index contributed by atoms with van der Waals surface area (Å²) in [6.45, 7) is 7.57. The van der Waals surface area contributed by atoms with Crippen LogP contribution in [-0.4, -0.2) is 26.2 Å². The molecule has 4 heteroatoms. The minimum absolute atomic E-state index is 0.0325. The van der Waals surface area contributed by atoms with Gasteiger partial charge in [-0.25, -0.2) is 0 Å². The SMILES string of the molecule is COCCC(C)(C)CNC(=O)c1cc(C)cc(Br)c1. The van der Waals surface area contributed by atoms with Gasteiger partial charge in [0.05, 0.1) is 0 Å². The molecular weight excluding hydrogens is 306 g/mol. The van der Waals surface area contributed by atoms with E-state index in [4.69, 9.17) is 4.74 Å². The molecule has 0 aromatic heterocycles. The summed E-state index contributed by atoms with van der Waals surface area (Å²) in [6, 6.07) is 5.71. The van der Waals surface area contributed by atoms with Gasteiger partial charge in [-0.15, -0.1) is 0 Å². The van der Waals surface area contributed by atoms with E-state index in [-0.39, 0.29) is 11.3 Å². The highest BCUT2D eigenvalue weighted by Gasteiger charge is 2.19. The van der Waals surface area contributed by atoms with E-state index in [0.29, 0.717) is 18.7 Å². The molecule has 0 radical (unpaired) electrons. The third kappa shape index (κ3) is 5.74. The minimum Gasteiger partial charge on any atom is -0.385 e. The maximum absolute atomic E-state index is 12.1. The fourth-order valence-electron chi connectivity index (χ4n) is 1.76. The summed E-state index contributed by atoms with van der Waals surface area (Å²) in [7, 11) is 1.69. The van der Waals surface area contributed by atoms with Crippen molar-refractivity contribution in [3.8, 4) is 0 Å². The standard InChI is InChI=1S/C15H22BrNO2/c1-11-7-12(9-13(16)8-11)14(18)17-10-15(2,3)5-6-19-4/h7-9H,5-6,10H2,1-4H3,(H,17,18). The number of carbonyl (C=O) groups excluding carboxylic acids is 1. The molecule has 0 aliphatic rings. The fraction of sp³-hybridized carbons (Fsp3) is 0.533. The van der Waals surface area contributed by atoms with E-state index in [1.54, 1.807) is 7.11 Å². The Bertz CT molecular complexity index is 424. The summed E-state index contributed by atoms with van der Waals surface area (Å²) in [5.74, 6) is -0.0325. The number of hydrogen-bond acceptors (Lipinski definition) is 2. The molecule has 0 fully saturated rings. The molecule has 0 heterocycles. The molecule has 0 saturated carbocycles. The van der Waals surface area contributed by atoms with Crippen LogP contribution < -0.4 is 5.32 Å². The van der Waals surface area contributed by atoms with Crippen LogP contribution in [0.1, 0.15) is 36.2 Å². The Labute approximate surface area is 123 Å². The van der Waals surface area contributed by atoms with E-state index < -0.39 is 0 Å². The summed E-state index contributed by atoms with van der Waals surface area (Å²) in [5.41, 5.74) is 1.79. The number of nitrogens with one attached hydrogen (secondary N) is 1. The third-order valence-corrected chi connectivity index (χ3v) is 3.47. The maximum atomic E-state index is 12.1. The topological polar surface area (TPSA) is 38.3 Å². The molecule has 1 amide bonds. The number of benzene rings is 1. The second-order valence-corrected chi connectivity index (χ2v) is 6.52. The Kier molecular flexibility index (Phi) is 6.01. The first-order valence-electron chi connectivity index (χ1n) is 6.38. The summed E-state index contributed by atoms with van der Waals surface area (Å²) in [5, 5.41) is 2.99. The average Bonchev–Trinajstić information content (AvgIpc) is 2.32. The number of hydrogen-bond donors (Lipinski definition) is 1. The fourth-order valence-corrected chi connectivity index (χ4v) is 2.36. The lowest BCUT2D eigenvalue weighted by Crippen LogP contribution is -2.34. The highest BCUT2D eigenvalue weighted by molar-refractivity contribution is 9.10. The van der Waals surface area contributed by atoms with Gasteiger partial charge >= 0.3 is 0 Å². The van der Waals surface area contributed by atoms with Crippen LogP contribution in [0.2, 0.25) is 0 Å². The molecule has 1 aromatic rings. The van der Waals surface area contributed by atoms with Gasteiger partial charge in [-0.3, -0.25) is 4.79 Å². The van der Waals surface area contributed by atoms with Gasteiger partial charge in [0.25, 0.3) is 5.91 Å². The van der Waals surface area contributed by atoms with Crippen LogP contribution in [0.25, 0.3) is 0 Å². The van der Waals surface area contributed by atoms with Crippen molar-refractivity contribution in [3.05, 3.63) is 33.8 Å². The molecule has 0 aliphatic carbocycles. The molecule has 0 unspecified atom stereocenters. The van der Waals surface area contributed by atoms with Crippen molar-refractivity contribution in [1.29, 1.82) is 0 Å². The van der Waals surface area contributed by atoms with Crippen molar-refractivity contribution >= 4 is 21.8 Å². The third-order valence-electron chi connectivity index (χ3n) is 3.01. The van der Waals surface area contributed by atoms with Crippen LogP contribution in [-0.2, 0) is 4.74 Å². The van der Waals surface area contributed by atoms with Crippen LogP contribution in [0.5, 0.6) is 0 Å². The minimum atomic E-state index is -0.0325. The highest BCUT2D eigenvalue weighted by atomic mass is 79.9. The van der Waals surface area contributed by atoms with E-state index in [1.165, 1.54) is 0 Å². The van der Waals surface area contributed by atoms with Gasteiger partial charge in [-0.2, -0.15) is 0 Å². The molecule has 1 aromatic carbocycles. The molecule has 1 N–H and O–H groups in total. The van der Waals surface area contributed by atoms with Gasteiger partial charge in [-0.1, -0.05) is 29.8 Å². The smallest absolute Gasteiger partial charge is 0.251 e. The second-order valence-electron chi connectivity index (χ2n) is 5.61. The summed E-state index contributed by atoms with van der Waals surface area (Å²) < 4.78 is 6.01. The molecule has 0 aliphatic heterocycles. The van der Waals surface area contributed by atoms with E-state index >= 15 is 0 Å². The number of methoxy groups -OCH3 is 1. The first kappa shape index (κ1) is 16.2. The first-order valence-corrected chi connectivity index (χ1v) is 7.18. The lowest BCUT2D eigenvalue weighted by molar-refractivity contribution is 0.0921. The van der Waals surface area contributed by atoms with Crippen molar-refractivity contribution in [1.82, 2.24) is 5.32 Å². The lowest BCUT2D eigenvalue weighted by Gasteiger charge is -2.24. The molecule has 0 saturated heterocycles. The summed E-state index contributed by atoms with van der Waals surface area (Å²) >= 11 is 3.41. The maximum Gasteiger partial charge on any atom is 0.251 e. The van der Waals surface area contributed by atoms with Crippen molar-refractivity contribution in [3.63, 3.8) is 0 Å². The van der Waals surface area contributed by atoms with Crippen LogP contribution in [0, 0.1) is 12.3 Å². The second kappa shape index (κ2) is 7.06. The molecular formula is C15H22BrNO2. The largest absolute Gasteiger partial charge is 0.385 e. The molecule has 0 bridgehead atoms. The van der Waals surface area contributed by atoms with Crippen molar-refractivity contribution < 1.29 is 9.53 Å². The van der Waals surface area contributed by atoms with Crippen molar-refractivity contribution in [2.75, 3.05) is 20.3 Å². The van der Waals surface area contributed by atoms with Crippen molar-refractivity contribution in [2.24, 2.45) is 5.41 Å². The predicted molar refractivity (Wildman–Crippen MR) is 81.5 cm³/mol. The van der Waals surface area contributed by atoms with Crippen LogP contribution in [0.15, 0.2) is 22.7 Å². The van der Waals surface area contributed by atoms with Crippen LogP contribution in [0.3, 0.4) is 0 Å². The first-order chi connectivity index (χ1) is 8.84. The Hall–Kier alpha value is -0.870. The molecule has 1 rings (SSSR count). The molecule has 0 spiro atoms. The zero-order valence-corrected chi connectivity index (χ0v) is 13.6. The number of halogens is 1. The highest BCUT2D eigenvalue weighted by Crippen LogP contribution is 2.19. The van der Waals surface area contributed by atoms with E-state index in [2.05, 4.69) is 35.1 Å². The van der Waals surface area contributed by atoms with Crippen LogP contribution in [0.4, 0.5) is 0 Å². The average molecular weight is 328 g/mol. The Balaban J connectivity index is 2.60. The number of rotatable bonds is 6. The molecule has 19 heavy (non-hydrogen) atoms. The monoisotopic (exact) mass is 327 g/mol. The number of amides is 1. The van der Waals surface area contributed by atoms with Gasteiger partial charge in [0.15, 0.2) is 0 Å². The predicted octanol–water partition coefficient (Wildman–Crippen LogP) is 3.55. The van der Waals surface area contributed by atoms with E-state index in [1.807, 2.05) is 25.1 Å². The number of ether oxygens (including phenoxy) is 1. The Morgan fingerprint density at radius 1 is 1.37 bits per heavy atom. The normalized spacial score (nSPS) is 11.4. The number of carbonyl (C=O) groups is 1. The summed E-state index contributed by atoms with van der Waals surface area (Å²) in [6.07, 6.45) is 0.918. The molecule has 106 valence electrons. The van der Waals surface area contributed by atoms with Gasteiger partial charge in [0, 0.05) is 30.3 Å². The van der Waals surface area contributed by atoms with Gasteiger partial charge in [0.1, 0.15) is 0 Å². The van der Waals surface area contributed by atoms with E-state index in [0.717, 1.165) is 16.5 Å². The zero-order chi connectivity index (χ0) is 14.5. The molecule has 0 atom stereocenters. The zero-order valence-electron chi connectivity index (χ0n) is 12.0. The van der Waals surface area contributed by atoms with Gasteiger partial charge in [0.2, 0.25) is 0 Å².